The molecular formula is C21H34N4. The van der Waals surface area contributed by atoms with Gasteiger partial charge in [0.2, 0.25) is 0 Å². The molecule has 1 aliphatic carbocycles. The maximum absolute atomic E-state index is 4.40. The molecule has 1 saturated heterocycles. The predicted molar refractivity (Wildman–Crippen MR) is 106 cm³/mol. The summed E-state index contributed by atoms with van der Waals surface area (Å²) in [4.78, 5) is 6.99. The van der Waals surface area contributed by atoms with Crippen LogP contribution in [-0.4, -0.2) is 43.6 Å². The summed E-state index contributed by atoms with van der Waals surface area (Å²) in [6.45, 7) is 5.66. The normalized spacial score (nSPS) is 21.1. The molecule has 3 rings (SSSR count). The van der Waals surface area contributed by atoms with E-state index in [1.807, 2.05) is 7.05 Å². The zero-order valence-electron chi connectivity index (χ0n) is 15.9. The monoisotopic (exact) mass is 342 g/mol. The van der Waals surface area contributed by atoms with Crippen LogP contribution in [0, 0.1) is 5.92 Å². The summed E-state index contributed by atoms with van der Waals surface area (Å²) in [5, 5.41) is 7.11. The molecule has 0 radical (unpaired) electrons. The molecule has 4 heteroatoms. The maximum atomic E-state index is 4.40. The Morgan fingerprint density at radius 2 is 1.88 bits per heavy atom. The highest BCUT2D eigenvalue weighted by Crippen LogP contribution is 2.33. The molecule has 0 aromatic heterocycles. The summed E-state index contributed by atoms with van der Waals surface area (Å²) in [6, 6.07) is 11.9. The lowest BCUT2D eigenvalue weighted by molar-refractivity contribution is 0.158. The van der Waals surface area contributed by atoms with Gasteiger partial charge in [-0.25, -0.2) is 0 Å². The number of nitrogens with zero attached hydrogens (tertiary/aromatic N) is 2. The van der Waals surface area contributed by atoms with Gasteiger partial charge < -0.3 is 10.6 Å². The summed E-state index contributed by atoms with van der Waals surface area (Å²) in [5.41, 5.74) is 1.42. The number of likely N-dealkylation sites (tertiary alicyclic amines) is 1. The van der Waals surface area contributed by atoms with Gasteiger partial charge >= 0.3 is 0 Å². The summed E-state index contributed by atoms with van der Waals surface area (Å²) in [6.07, 6.45) is 7.90. The Hall–Kier alpha value is -1.55. The number of nitrogens with one attached hydrogen (secondary N) is 2. The molecule has 2 aliphatic rings. The molecule has 1 aliphatic heterocycles. The molecule has 1 heterocycles. The summed E-state index contributed by atoms with van der Waals surface area (Å²) >= 11 is 0. The van der Waals surface area contributed by atoms with Crippen LogP contribution in [0.3, 0.4) is 0 Å². The van der Waals surface area contributed by atoms with E-state index in [1.54, 1.807) is 0 Å². The first kappa shape index (κ1) is 18.2. The quantitative estimate of drug-likeness (QED) is 0.452. The average Bonchev–Trinajstić information content (AvgIpc) is 3.49. The van der Waals surface area contributed by atoms with Gasteiger partial charge in [0.05, 0.1) is 0 Å². The van der Waals surface area contributed by atoms with E-state index in [0.29, 0.717) is 12.1 Å². The first-order valence-electron chi connectivity index (χ1n) is 10.0. The minimum Gasteiger partial charge on any atom is -0.356 e. The Labute approximate surface area is 153 Å². The van der Waals surface area contributed by atoms with E-state index in [0.717, 1.165) is 31.5 Å². The Balaban J connectivity index is 1.37. The number of hydrogen-bond acceptors (Lipinski definition) is 2. The van der Waals surface area contributed by atoms with Crippen molar-refractivity contribution in [3.05, 3.63) is 35.9 Å². The number of rotatable bonds is 7. The number of piperidine rings is 1. The Morgan fingerprint density at radius 3 is 2.52 bits per heavy atom. The molecule has 1 aromatic rings. The lowest BCUT2D eigenvalue weighted by atomic mass is 10.0. The van der Waals surface area contributed by atoms with Gasteiger partial charge in [-0.05, 0) is 44.1 Å². The second kappa shape index (κ2) is 9.23. The summed E-state index contributed by atoms with van der Waals surface area (Å²) in [7, 11) is 1.88. The van der Waals surface area contributed by atoms with Gasteiger partial charge in [0.1, 0.15) is 0 Å². The van der Waals surface area contributed by atoms with Gasteiger partial charge in [-0.15, -0.1) is 0 Å². The number of guanidine groups is 1. The third-order valence-electron chi connectivity index (χ3n) is 5.70. The van der Waals surface area contributed by atoms with Crippen molar-refractivity contribution in [2.45, 2.75) is 57.5 Å². The zero-order valence-corrected chi connectivity index (χ0v) is 15.9. The fourth-order valence-electron chi connectivity index (χ4n) is 3.77. The lowest BCUT2D eigenvalue weighted by Crippen LogP contribution is -2.49. The van der Waals surface area contributed by atoms with Gasteiger partial charge in [0, 0.05) is 38.8 Å². The van der Waals surface area contributed by atoms with Crippen LogP contribution in [0.1, 0.15) is 57.1 Å². The highest BCUT2D eigenvalue weighted by atomic mass is 15.2. The molecule has 0 spiro atoms. The highest BCUT2D eigenvalue weighted by Gasteiger charge is 2.24. The van der Waals surface area contributed by atoms with Crippen molar-refractivity contribution in [1.82, 2.24) is 15.5 Å². The smallest absolute Gasteiger partial charge is 0.191 e. The van der Waals surface area contributed by atoms with E-state index in [-0.39, 0.29) is 0 Å². The fraction of sp³-hybridized carbons (Fsp3) is 0.667. The van der Waals surface area contributed by atoms with Gasteiger partial charge in [-0.2, -0.15) is 0 Å². The van der Waals surface area contributed by atoms with Crippen molar-refractivity contribution in [3.8, 4) is 0 Å². The van der Waals surface area contributed by atoms with Crippen LogP contribution in [0.4, 0.5) is 0 Å². The van der Waals surface area contributed by atoms with E-state index in [2.05, 4.69) is 57.8 Å². The van der Waals surface area contributed by atoms with Crippen LogP contribution in [-0.2, 0) is 0 Å². The largest absolute Gasteiger partial charge is 0.356 e. The van der Waals surface area contributed by atoms with E-state index in [1.165, 1.54) is 44.1 Å². The Morgan fingerprint density at radius 1 is 1.16 bits per heavy atom. The highest BCUT2D eigenvalue weighted by molar-refractivity contribution is 5.79. The molecule has 0 bridgehead atoms. The second-order valence-electron chi connectivity index (χ2n) is 7.63. The SMILES string of the molecule is CN=C(NCCCC1CC1)NC1CCN(C(C)c2ccccc2)CC1. The molecule has 1 unspecified atom stereocenters. The van der Waals surface area contributed by atoms with Crippen molar-refractivity contribution in [2.24, 2.45) is 10.9 Å². The molecular weight excluding hydrogens is 308 g/mol. The van der Waals surface area contributed by atoms with Crippen molar-refractivity contribution in [3.63, 3.8) is 0 Å². The van der Waals surface area contributed by atoms with E-state index < -0.39 is 0 Å². The molecule has 138 valence electrons. The predicted octanol–water partition coefficient (Wildman–Crippen LogP) is 3.57. The van der Waals surface area contributed by atoms with Gasteiger partial charge in [0.25, 0.3) is 0 Å². The van der Waals surface area contributed by atoms with Crippen molar-refractivity contribution in [2.75, 3.05) is 26.7 Å². The molecule has 4 nitrogen and oxygen atoms in total. The van der Waals surface area contributed by atoms with E-state index in [9.17, 15) is 0 Å². The Bertz CT molecular complexity index is 530. The lowest BCUT2D eigenvalue weighted by Gasteiger charge is -2.37. The van der Waals surface area contributed by atoms with Crippen molar-refractivity contribution in [1.29, 1.82) is 0 Å². The molecule has 1 saturated carbocycles. The van der Waals surface area contributed by atoms with Crippen LogP contribution in [0.15, 0.2) is 35.3 Å². The minimum absolute atomic E-state index is 0.502. The average molecular weight is 343 g/mol. The summed E-state index contributed by atoms with van der Waals surface area (Å²) in [5.74, 6) is 2.00. The van der Waals surface area contributed by atoms with Crippen LogP contribution in [0.25, 0.3) is 0 Å². The van der Waals surface area contributed by atoms with Gasteiger partial charge in [-0.1, -0.05) is 43.2 Å². The molecule has 25 heavy (non-hydrogen) atoms. The number of benzene rings is 1. The topological polar surface area (TPSA) is 39.7 Å². The van der Waals surface area contributed by atoms with Gasteiger partial charge in [0.15, 0.2) is 5.96 Å². The molecule has 0 amide bonds. The van der Waals surface area contributed by atoms with Crippen molar-refractivity contribution >= 4 is 5.96 Å². The number of aliphatic imine (C=N–C) groups is 1. The van der Waals surface area contributed by atoms with Crippen LogP contribution >= 0.6 is 0 Å². The molecule has 1 aromatic carbocycles. The molecule has 2 N–H and O–H groups in total. The van der Waals surface area contributed by atoms with Crippen molar-refractivity contribution < 1.29 is 0 Å². The summed E-state index contributed by atoms with van der Waals surface area (Å²) < 4.78 is 0. The van der Waals surface area contributed by atoms with Crippen LogP contribution < -0.4 is 10.6 Å². The third kappa shape index (κ3) is 5.74. The first-order valence-corrected chi connectivity index (χ1v) is 10.0. The zero-order chi connectivity index (χ0) is 17.5. The second-order valence-corrected chi connectivity index (χ2v) is 7.63. The molecule has 2 fully saturated rings. The fourth-order valence-corrected chi connectivity index (χ4v) is 3.77. The Kier molecular flexibility index (Phi) is 6.74. The standard InChI is InChI=1S/C21H34N4/c1-17(19-8-4-3-5-9-19)25-15-12-20(13-16-25)24-21(22-2)23-14-6-7-18-10-11-18/h3-5,8-9,17-18,20H,6-7,10-16H2,1-2H3,(H2,22,23,24). The maximum Gasteiger partial charge on any atom is 0.191 e. The third-order valence-corrected chi connectivity index (χ3v) is 5.70. The number of hydrogen-bond donors (Lipinski definition) is 2. The van der Waals surface area contributed by atoms with E-state index in [4.69, 9.17) is 0 Å². The first-order chi connectivity index (χ1) is 12.3. The minimum atomic E-state index is 0.502. The van der Waals surface area contributed by atoms with Gasteiger partial charge in [-0.3, -0.25) is 9.89 Å². The van der Waals surface area contributed by atoms with Crippen LogP contribution in [0.5, 0.6) is 0 Å². The molecule has 1 atom stereocenters. The van der Waals surface area contributed by atoms with Crippen LogP contribution in [0.2, 0.25) is 0 Å². The van der Waals surface area contributed by atoms with E-state index >= 15 is 0 Å².